The summed E-state index contributed by atoms with van der Waals surface area (Å²) in [7, 11) is 0. The SMILES string of the molecule is CSc1nccc(C/C(C)=N/N)n1. The quantitative estimate of drug-likeness (QED) is 0.258. The predicted molar refractivity (Wildman–Crippen MR) is 54.8 cm³/mol. The molecule has 0 aliphatic heterocycles. The molecule has 1 heterocycles. The molecule has 0 saturated carbocycles. The molecule has 13 heavy (non-hydrogen) atoms. The summed E-state index contributed by atoms with van der Waals surface area (Å²) in [6.07, 6.45) is 4.38. The summed E-state index contributed by atoms with van der Waals surface area (Å²) in [6, 6.07) is 1.87. The van der Waals surface area contributed by atoms with Gasteiger partial charge in [-0.25, -0.2) is 9.97 Å². The average Bonchev–Trinajstić information content (AvgIpc) is 2.18. The molecule has 0 saturated heterocycles. The predicted octanol–water partition coefficient (Wildman–Crippen LogP) is 1.08. The minimum absolute atomic E-state index is 0.687. The van der Waals surface area contributed by atoms with Gasteiger partial charge in [-0.3, -0.25) is 0 Å². The standard InChI is InChI=1S/C8H12N4S/c1-6(12-9)5-7-3-4-10-8(11-7)13-2/h3-4H,5,9H2,1-2H3/b12-6+. The molecule has 0 unspecified atom stereocenters. The van der Waals surface area contributed by atoms with E-state index in [2.05, 4.69) is 15.1 Å². The molecular weight excluding hydrogens is 184 g/mol. The van der Waals surface area contributed by atoms with E-state index in [4.69, 9.17) is 5.84 Å². The first-order valence-corrected chi connectivity index (χ1v) is 5.08. The molecule has 0 fully saturated rings. The van der Waals surface area contributed by atoms with Crippen LogP contribution in [0, 0.1) is 0 Å². The lowest BCUT2D eigenvalue weighted by Gasteiger charge is -2.00. The molecule has 1 aromatic heterocycles. The van der Waals surface area contributed by atoms with Crippen LogP contribution in [0.1, 0.15) is 12.6 Å². The van der Waals surface area contributed by atoms with E-state index in [1.54, 1.807) is 6.20 Å². The van der Waals surface area contributed by atoms with Crippen molar-refractivity contribution in [2.45, 2.75) is 18.5 Å². The molecule has 0 amide bonds. The Morgan fingerprint density at radius 3 is 3.08 bits per heavy atom. The van der Waals surface area contributed by atoms with Crippen LogP contribution >= 0.6 is 11.8 Å². The first-order valence-electron chi connectivity index (χ1n) is 3.85. The molecule has 70 valence electrons. The van der Waals surface area contributed by atoms with Gasteiger partial charge in [0.15, 0.2) is 5.16 Å². The number of hydrogen-bond donors (Lipinski definition) is 1. The zero-order valence-electron chi connectivity index (χ0n) is 7.69. The number of hydrazone groups is 1. The Morgan fingerprint density at radius 1 is 1.69 bits per heavy atom. The van der Waals surface area contributed by atoms with Crippen molar-refractivity contribution in [1.29, 1.82) is 0 Å². The highest BCUT2D eigenvalue weighted by Crippen LogP contribution is 2.07. The van der Waals surface area contributed by atoms with E-state index in [0.29, 0.717) is 6.42 Å². The second-order valence-electron chi connectivity index (χ2n) is 2.58. The number of nitrogens with zero attached hydrogens (tertiary/aromatic N) is 3. The lowest BCUT2D eigenvalue weighted by molar-refractivity contribution is 0.917. The first kappa shape index (κ1) is 9.98. The molecular formula is C8H12N4S. The molecule has 0 radical (unpaired) electrons. The molecule has 2 N–H and O–H groups in total. The summed E-state index contributed by atoms with van der Waals surface area (Å²) in [6.45, 7) is 1.88. The maximum Gasteiger partial charge on any atom is 0.187 e. The largest absolute Gasteiger partial charge is 0.323 e. The fraction of sp³-hybridized carbons (Fsp3) is 0.375. The summed E-state index contributed by atoms with van der Waals surface area (Å²) in [5.41, 5.74) is 1.82. The molecule has 0 spiro atoms. The number of thioether (sulfide) groups is 1. The summed E-state index contributed by atoms with van der Waals surface area (Å²) in [5.74, 6) is 5.13. The Kier molecular flexibility index (Phi) is 3.70. The van der Waals surface area contributed by atoms with Gasteiger partial charge in [0.05, 0.1) is 5.69 Å². The minimum Gasteiger partial charge on any atom is -0.323 e. The Balaban J connectivity index is 2.77. The number of aromatic nitrogens is 2. The number of hydrogen-bond acceptors (Lipinski definition) is 5. The molecule has 5 heteroatoms. The molecule has 4 nitrogen and oxygen atoms in total. The Morgan fingerprint density at radius 2 is 2.46 bits per heavy atom. The average molecular weight is 196 g/mol. The number of nitrogens with two attached hydrogens (primary N) is 1. The van der Waals surface area contributed by atoms with Gasteiger partial charge in [0.25, 0.3) is 0 Å². The van der Waals surface area contributed by atoms with Crippen LogP contribution in [0.25, 0.3) is 0 Å². The van der Waals surface area contributed by atoms with E-state index in [1.165, 1.54) is 11.8 Å². The second-order valence-corrected chi connectivity index (χ2v) is 3.35. The normalized spacial score (nSPS) is 11.7. The van der Waals surface area contributed by atoms with Gasteiger partial charge in [0.2, 0.25) is 0 Å². The van der Waals surface area contributed by atoms with Crippen LogP contribution in [0.15, 0.2) is 22.5 Å². The van der Waals surface area contributed by atoms with Gasteiger partial charge in [-0.05, 0) is 19.2 Å². The van der Waals surface area contributed by atoms with Crippen molar-refractivity contribution in [3.05, 3.63) is 18.0 Å². The topological polar surface area (TPSA) is 64.2 Å². The third-order valence-corrected chi connectivity index (χ3v) is 2.09. The van der Waals surface area contributed by atoms with Crippen LogP contribution in [0.3, 0.4) is 0 Å². The molecule has 0 atom stereocenters. The van der Waals surface area contributed by atoms with Crippen molar-refractivity contribution in [1.82, 2.24) is 9.97 Å². The van der Waals surface area contributed by atoms with Crippen molar-refractivity contribution in [2.24, 2.45) is 10.9 Å². The van der Waals surface area contributed by atoms with Gasteiger partial charge in [0, 0.05) is 18.3 Å². The van der Waals surface area contributed by atoms with Gasteiger partial charge in [-0.15, -0.1) is 0 Å². The zero-order valence-corrected chi connectivity index (χ0v) is 8.51. The van der Waals surface area contributed by atoms with Gasteiger partial charge in [-0.2, -0.15) is 5.10 Å². The summed E-state index contributed by atoms with van der Waals surface area (Å²) in [5, 5.41) is 4.37. The maximum absolute atomic E-state index is 5.13. The van der Waals surface area contributed by atoms with Crippen molar-refractivity contribution in [3.8, 4) is 0 Å². The molecule has 0 bridgehead atoms. The van der Waals surface area contributed by atoms with Gasteiger partial charge >= 0.3 is 0 Å². The highest BCUT2D eigenvalue weighted by Gasteiger charge is 1.99. The lowest BCUT2D eigenvalue weighted by atomic mass is 10.2. The van der Waals surface area contributed by atoms with Crippen LogP contribution in [0.4, 0.5) is 0 Å². The van der Waals surface area contributed by atoms with E-state index >= 15 is 0 Å². The second kappa shape index (κ2) is 4.81. The highest BCUT2D eigenvalue weighted by atomic mass is 32.2. The van der Waals surface area contributed by atoms with Crippen molar-refractivity contribution in [3.63, 3.8) is 0 Å². The van der Waals surface area contributed by atoms with Crippen LogP contribution in [-0.2, 0) is 6.42 Å². The molecule has 0 aromatic carbocycles. The maximum atomic E-state index is 5.13. The van der Waals surface area contributed by atoms with Crippen LogP contribution in [0.5, 0.6) is 0 Å². The fourth-order valence-corrected chi connectivity index (χ4v) is 1.26. The summed E-state index contributed by atoms with van der Waals surface area (Å²) >= 11 is 1.52. The zero-order chi connectivity index (χ0) is 9.68. The van der Waals surface area contributed by atoms with Crippen molar-refractivity contribution in [2.75, 3.05) is 6.26 Å². The molecule has 0 aliphatic carbocycles. The van der Waals surface area contributed by atoms with Gasteiger partial charge in [0.1, 0.15) is 0 Å². The third kappa shape index (κ3) is 3.02. The Hall–Kier alpha value is -1.10. The van der Waals surface area contributed by atoms with E-state index in [1.807, 2.05) is 19.2 Å². The molecule has 1 aromatic rings. The van der Waals surface area contributed by atoms with Crippen LogP contribution in [0.2, 0.25) is 0 Å². The van der Waals surface area contributed by atoms with E-state index in [-0.39, 0.29) is 0 Å². The minimum atomic E-state index is 0.687. The summed E-state index contributed by atoms with van der Waals surface area (Å²) in [4.78, 5) is 8.37. The van der Waals surface area contributed by atoms with Crippen molar-refractivity contribution < 1.29 is 0 Å². The molecule has 0 aliphatic rings. The Labute approximate surface area is 81.7 Å². The highest BCUT2D eigenvalue weighted by molar-refractivity contribution is 7.98. The Bertz CT molecular complexity index is 311. The van der Waals surface area contributed by atoms with Gasteiger partial charge in [-0.1, -0.05) is 11.8 Å². The smallest absolute Gasteiger partial charge is 0.187 e. The summed E-state index contributed by atoms with van der Waals surface area (Å²) < 4.78 is 0. The molecule has 1 rings (SSSR count). The van der Waals surface area contributed by atoms with Crippen LogP contribution < -0.4 is 5.84 Å². The fourth-order valence-electron chi connectivity index (χ4n) is 0.881. The monoisotopic (exact) mass is 196 g/mol. The van der Waals surface area contributed by atoms with Gasteiger partial charge < -0.3 is 5.84 Å². The van der Waals surface area contributed by atoms with Crippen molar-refractivity contribution >= 4 is 17.5 Å². The van der Waals surface area contributed by atoms with E-state index in [0.717, 1.165) is 16.6 Å². The number of rotatable bonds is 3. The first-order chi connectivity index (χ1) is 6.26. The van der Waals surface area contributed by atoms with E-state index in [9.17, 15) is 0 Å². The van der Waals surface area contributed by atoms with Crippen LogP contribution in [-0.4, -0.2) is 21.9 Å². The third-order valence-electron chi connectivity index (χ3n) is 1.53. The van der Waals surface area contributed by atoms with E-state index < -0.39 is 0 Å². The lowest BCUT2D eigenvalue weighted by Crippen LogP contribution is -2.03.